The Morgan fingerprint density at radius 1 is 1.31 bits per heavy atom. The minimum atomic E-state index is -0.580. The van der Waals surface area contributed by atoms with Crippen LogP contribution in [-0.4, -0.2) is 17.9 Å². The molecule has 1 unspecified atom stereocenters. The van der Waals surface area contributed by atoms with E-state index >= 15 is 0 Å². The molecule has 0 saturated carbocycles. The van der Waals surface area contributed by atoms with Gasteiger partial charge in [-0.25, -0.2) is 0 Å². The molecule has 1 aromatic rings. The first kappa shape index (κ1) is 11.2. The molecule has 0 aromatic heterocycles. The third kappa shape index (κ3) is 2.28. The van der Waals surface area contributed by atoms with Gasteiger partial charge in [0.1, 0.15) is 6.04 Å². The zero-order chi connectivity index (χ0) is 11.7. The Bertz CT molecular complexity index is 462. The van der Waals surface area contributed by atoms with E-state index in [4.69, 9.17) is 23.2 Å². The Hall–Kier alpha value is -1.26. The van der Waals surface area contributed by atoms with Gasteiger partial charge in [-0.3, -0.25) is 14.9 Å². The van der Waals surface area contributed by atoms with Gasteiger partial charge in [-0.15, -0.1) is 0 Å². The molecule has 6 heteroatoms. The van der Waals surface area contributed by atoms with Gasteiger partial charge < -0.3 is 5.32 Å². The number of amides is 2. The van der Waals surface area contributed by atoms with Crippen LogP contribution in [0.4, 0.5) is 5.69 Å². The fourth-order valence-corrected chi connectivity index (χ4v) is 1.81. The van der Waals surface area contributed by atoms with E-state index in [2.05, 4.69) is 10.6 Å². The van der Waals surface area contributed by atoms with E-state index in [1.807, 2.05) is 0 Å². The smallest absolute Gasteiger partial charge is 0.249 e. The van der Waals surface area contributed by atoms with Crippen LogP contribution in [0.15, 0.2) is 18.2 Å². The molecule has 1 fully saturated rings. The van der Waals surface area contributed by atoms with Gasteiger partial charge >= 0.3 is 0 Å². The molecular weight excluding hydrogens is 251 g/mol. The topological polar surface area (TPSA) is 58.2 Å². The first-order valence-electron chi connectivity index (χ1n) is 4.61. The molecule has 1 aliphatic rings. The molecule has 0 aliphatic carbocycles. The van der Waals surface area contributed by atoms with Crippen LogP contribution in [0.1, 0.15) is 6.42 Å². The van der Waals surface area contributed by atoms with Crippen LogP contribution in [-0.2, 0) is 9.59 Å². The van der Waals surface area contributed by atoms with Gasteiger partial charge in [0.05, 0.1) is 17.1 Å². The van der Waals surface area contributed by atoms with E-state index < -0.39 is 6.04 Å². The lowest BCUT2D eigenvalue weighted by molar-refractivity contribution is -0.124. The largest absolute Gasteiger partial charge is 0.372 e. The molecule has 1 aliphatic heterocycles. The van der Waals surface area contributed by atoms with Crippen molar-refractivity contribution in [2.45, 2.75) is 12.5 Å². The Morgan fingerprint density at radius 3 is 2.69 bits per heavy atom. The number of rotatable bonds is 2. The van der Waals surface area contributed by atoms with Crippen molar-refractivity contribution in [3.8, 4) is 0 Å². The Labute approximate surface area is 102 Å². The standard InChI is InChI=1S/C10H8Cl2N2O2/c11-5-1-2-6(12)7(3-5)13-8-4-9(15)14-10(8)16/h1-3,8,13H,4H2,(H,14,15,16). The molecule has 84 valence electrons. The second-order valence-electron chi connectivity index (χ2n) is 3.44. The third-order valence-electron chi connectivity index (χ3n) is 2.23. The Balaban J connectivity index is 2.18. The monoisotopic (exact) mass is 258 g/mol. The SMILES string of the molecule is O=C1CC(Nc2cc(Cl)ccc2Cl)C(=O)N1. The van der Waals surface area contributed by atoms with Gasteiger partial charge in [0.2, 0.25) is 11.8 Å². The van der Waals surface area contributed by atoms with Crippen molar-refractivity contribution < 1.29 is 9.59 Å². The maximum Gasteiger partial charge on any atom is 0.249 e. The van der Waals surface area contributed by atoms with E-state index in [0.717, 1.165) is 0 Å². The van der Waals surface area contributed by atoms with E-state index in [9.17, 15) is 9.59 Å². The average molecular weight is 259 g/mol. The first-order valence-corrected chi connectivity index (χ1v) is 5.37. The maximum atomic E-state index is 11.3. The number of halogens is 2. The zero-order valence-electron chi connectivity index (χ0n) is 8.09. The normalized spacial score (nSPS) is 19.8. The lowest BCUT2D eigenvalue weighted by Gasteiger charge is -2.12. The number of hydrogen-bond donors (Lipinski definition) is 2. The number of carbonyl (C=O) groups excluding carboxylic acids is 2. The van der Waals surface area contributed by atoms with Crippen LogP contribution in [0.25, 0.3) is 0 Å². The molecule has 0 spiro atoms. The van der Waals surface area contributed by atoms with E-state index in [1.54, 1.807) is 18.2 Å². The summed E-state index contributed by atoms with van der Waals surface area (Å²) >= 11 is 11.7. The van der Waals surface area contributed by atoms with Crippen molar-refractivity contribution in [2.24, 2.45) is 0 Å². The number of anilines is 1. The predicted octanol–water partition coefficient (Wildman–Crippen LogP) is 1.82. The Morgan fingerprint density at radius 2 is 2.06 bits per heavy atom. The van der Waals surface area contributed by atoms with Crippen LogP contribution in [0.3, 0.4) is 0 Å². The average Bonchev–Trinajstić information content (AvgIpc) is 2.51. The van der Waals surface area contributed by atoms with Gasteiger partial charge in [0.15, 0.2) is 0 Å². The van der Waals surface area contributed by atoms with Crippen molar-refractivity contribution in [1.82, 2.24) is 5.32 Å². The van der Waals surface area contributed by atoms with Crippen molar-refractivity contribution >= 4 is 40.7 Å². The summed E-state index contributed by atoms with van der Waals surface area (Å²) in [6.07, 6.45) is 0.113. The number of benzene rings is 1. The van der Waals surface area contributed by atoms with Crippen molar-refractivity contribution in [2.75, 3.05) is 5.32 Å². The second-order valence-corrected chi connectivity index (χ2v) is 4.28. The first-order chi connectivity index (χ1) is 7.56. The molecule has 1 atom stereocenters. The molecule has 2 amide bonds. The highest BCUT2D eigenvalue weighted by Crippen LogP contribution is 2.26. The van der Waals surface area contributed by atoms with E-state index in [0.29, 0.717) is 15.7 Å². The number of carbonyl (C=O) groups is 2. The van der Waals surface area contributed by atoms with Gasteiger partial charge in [-0.2, -0.15) is 0 Å². The van der Waals surface area contributed by atoms with Crippen molar-refractivity contribution in [3.63, 3.8) is 0 Å². The molecule has 4 nitrogen and oxygen atoms in total. The fraction of sp³-hybridized carbons (Fsp3) is 0.200. The van der Waals surface area contributed by atoms with Crippen LogP contribution < -0.4 is 10.6 Å². The second kappa shape index (κ2) is 4.31. The molecule has 1 saturated heterocycles. The van der Waals surface area contributed by atoms with Crippen LogP contribution >= 0.6 is 23.2 Å². The van der Waals surface area contributed by atoms with Gasteiger partial charge in [0, 0.05) is 5.02 Å². The lowest BCUT2D eigenvalue weighted by atomic mass is 10.2. The summed E-state index contributed by atoms with van der Waals surface area (Å²) in [4.78, 5) is 22.3. The minimum absolute atomic E-state index is 0.113. The zero-order valence-corrected chi connectivity index (χ0v) is 9.60. The highest BCUT2D eigenvalue weighted by molar-refractivity contribution is 6.35. The molecule has 2 N–H and O–H groups in total. The molecule has 1 heterocycles. The molecule has 2 rings (SSSR count). The number of nitrogens with one attached hydrogen (secondary N) is 2. The lowest BCUT2D eigenvalue weighted by Crippen LogP contribution is -2.30. The fourth-order valence-electron chi connectivity index (χ4n) is 1.47. The highest BCUT2D eigenvalue weighted by atomic mass is 35.5. The summed E-state index contributed by atoms with van der Waals surface area (Å²) in [5.74, 6) is -0.637. The minimum Gasteiger partial charge on any atom is -0.372 e. The van der Waals surface area contributed by atoms with Crippen molar-refractivity contribution in [1.29, 1.82) is 0 Å². The molecule has 16 heavy (non-hydrogen) atoms. The summed E-state index contributed by atoms with van der Waals surface area (Å²) < 4.78 is 0. The van der Waals surface area contributed by atoms with Crippen molar-refractivity contribution in [3.05, 3.63) is 28.2 Å². The molecule has 1 aromatic carbocycles. The Kier molecular flexibility index (Phi) is 3.03. The summed E-state index contributed by atoms with van der Waals surface area (Å²) in [7, 11) is 0. The quantitative estimate of drug-likeness (QED) is 0.796. The molecule has 0 bridgehead atoms. The van der Waals surface area contributed by atoms with Crippen LogP contribution in [0.2, 0.25) is 10.0 Å². The van der Waals surface area contributed by atoms with Crippen LogP contribution in [0, 0.1) is 0 Å². The molecule has 0 radical (unpaired) electrons. The van der Waals surface area contributed by atoms with Crippen LogP contribution in [0.5, 0.6) is 0 Å². The van der Waals surface area contributed by atoms with Gasteiger partial charge in [-0.1, -0.05) is 23.2 Å². The molecular formula is C10H8Cl2N2O2. The van der Waals surface area contributed by atoms with Gasteiger partial charge in [-0.05, 0) is 18.2 Å². The predicted molar refractivity (Wildman–Crippen MR) is 61.6 cm³/mol. The maximum absolute atomic E-state index is 11.3. The highest BCUT2D eigenvalue weighted by Gasteiger charge is 2.30. The summed E-state index contributed by atoms with van der Waals surface area (Å²) in [5.41, 5.74) is 0.545. The van der Waals surface area contributed by atoms with E-state index in [-0.39, 0.29) is 18.2 Å². The number of imide groups is 1. The van der Waals surface area contributed by atoms with Gasteiger partial charge in [0.25, 0.3) is 0 Å². The third-order valence-corrected chi connectivity index (χ3v) is 2.79. The number of hydrogen-bond acceptors (Lipinski definition) is 3. The summed E-state index contributed by atoms with van der Waals surface area (Å²) in [6.45, 7) is 0. The summed E-state index contributed by atoms with van der Waals surface area (Å²) in [6, 6.07) is 4.30. The van der Waals surface area contributed by atoms with E-state index in [1.165, 1.54) is 0 Å². The summed E-state index contributed by atoms with van der Waals surface area (Å²) in [5, 5.41) is 6.05.